The second kappa shape index (κ2) is 9.08. The number of hydrogen-bond donors (Lipinski definition) is 1. The smallest absolute Gasteiger partial charge is 0.410 e. The number of carbonyl (C=O) groups is 3. The van der Waals surface area contributed by atoms with Crippen molar-refractivity contribution in [3.63, 3.8) is 0 Å². The third kappa shape index (κ3) is 5.71. The molecule has 7 heteroatoms. The predicted molar refractivity (Wildman–Crippen MR) is 105 cm³/mol. The van der Waals surface area contributed by atoms with Gasteiger partial charge in [0.25, 0.3) is 0 Å². The molecular weight excluding hydrogens is 360 g/mol. The lowest BCUT2D eigenvalue weighted by molar-refractivity contribution is -0.129. The van der Waals surface area contributed by atoms with E-state index in [0.717, 1.165) is 18.4 Å². The lowest BCUT2D eigenvalue weighted by Crippen LogP contribution is -2.56. The molecule has 2 atom stereocenters. The van der Waals surface area contributed by atoms with Crippen LogP contribution >= 0.6 is 0 Å². The maximum atomic E-state index is 12.8. The zero-order valence-corrected chi connectivity index (χ0v) is 17.3. The van der Waals surface area contributed by atoms with Gasteiger partial charge in [0.1, 0.15) is 11.6 Å². The second-order valence-corrected chi connectivity index (χ2v) is 8.14. The largest absolute Gasteiger partial charge is 0.465 e. The summed E-state index contributed by atoms with van der Waals surface area (Å²) in [6.07, 6.45) is 1.27. The molecule has 1 fully saturated rings. The zero-order chi connectivity index (χ0) is 20.9. The van der Waals surface area contributed by atoms with Gasteiger partial charge in [-0.2, -0.15) is 0 Å². The van der Waals surface area contributed by atoms with E-state index >= 15 is 0 Å². The van der Waals surface area contributed by atoms with Gasteiger partial charge in [-0.15, -0.1) is 0 Å². The average Bonchev–Trinajstić information content (AvgIpc) is 2.64. The summed E-state index contributed by atoms with van der Waals surface area (Å²) in [7, 11) is 1.33. The maximum Gasteiger partial charge on any atom is 0.410 e. The van der Waals surface area contributed by atoms with Gasteiger partial charge in [-0.3, -0.25) is 9.69 Å². The number of methoxy groups -OCH3 is 1. The molecule has 1 N–H and O–H groups in total. The van der Waals surface area contributed by atoms with Crippen LogP contribution in [0.4, 0.5) is 4.79 Å². The van der Waals surface area contributed by atoms with Crippen molar-refractivity contribution in [3.05, 3.63) is 35.4 Å². The normalized spacial score (nSPS) is 19.7. The Labute approximate surface area is 166 Å². The molecule has 1 aromatic rings. The van der Waals surface area contributed by atoms with E-state index in [2.05, 4.69) is 10.1 Å². The average molecular weight is 390 g/mol. The topological polar surface area (TPSA) is 84.9 Å². The Morgan fingerprint density at radius 1 is 1.18 bits per heavy atom. The molecule has 0 bridgehead atoms. The van der Waals surface area contributed by atoms with Crippen LogP contribution in [0.1, 0.15) is 56.5 Å². The quantitative estimate of drug-likeness (QED) is 0.799. The van der Waals surface area contributed by atoms with Crippen LogP contribution in [0.2, 0.25) is 0 Å². The fraction of sp³-hybridized carbons (Fsp3) is 0.571. The predicted octanol–water partition coefficient (Wildman–Crippen LogP) is 3.13. The summed E-state index contributed by atoms with van der Waals surface area (Å²) in [5.74, 6) is -0.558. The zero-order valence-electron chi connectivity index (χ0n) is 17.3. The van der Waals surface area contributed by atoms with E-state index in [4.69, 9.17) is 4.74 Å². The number of nitrogens with one attached hydrogen (secondary N) is 1. The molecule has 1 aliphatic rings. The van der Waals surface area contributed by atoms with Gasteiger partial charge in [-0.25, -0.2) is 9.59 Å². The van der Waals surface area contributed by atoms with E-state index in [1.807, 2.05) is 27.7 Å². The number of carbonyl (C=O) groups excluding carboxylic acids is 3. The van der Waals surface area contributed by atoms with Gasteiger partial charge in [0, 0.05) is 13.1 Å². The monoisotopic (exact) mass is 390 g/mol. The van der Waals surface area contributed by atoms with Crippen molar-refractivity contribution >= 4 is 18.0 Å². The van der Waals surface area contributed by atoms with Crippen molar-refractivity contribution in [1.29, 1.82) is 0 Å². The Morgan fingerprint density at radius 3 is 2.39 bits per heavy atom. The van der Waals surface area contributed by atoms with Gasteiger partial charge < -0.3 is 14.8 Å². The second-order valence-electron chi connectivity index (χ2n) is 8.14. The minimum atomic E-state index is -0.611. The molecule has 2 rings (SSSR count). The Hall–Kier alpha value is -2.57. The third-order valence-corrected chi connectivity index (χ3v) is 4.67. The van der Waals surface area contributed by atoms with E-state index < -0.39 is 23.7 Å². The summed E-state index contributed by atoms with van der Waals surface area (Å²) in [4.78, 5) is 38.4. The molecule has 154 valence electrons. The number of nitrogens with zero attached hydrogens (tertiary/aromatic N) is 1. The van der Waals surface area contributed by atoms with Crippen molar-refractivity contribution in [2.75, 3.05) is 13.7 Å². The fourth-order valence-corrected chi connectivity index (χ4v) is 3.28. The van der Waals surface area contributed by atoms with E-state index in [-0.39, 0.29) is 11.8 Å². The summed E-state index contributed by atoms with van der Waals surface area (Å²) >= 11 is 0. The van der Waals surface area contributed by atoms with Crippen molar-refractivity contribution in [1.82, 2.24) is 10.2 Å². The highest BCUT2D eigenvalue weighted by atomic mass is 16.6. The first-order valence-electron chi connectivity index (χ1n) is 9.57. The number of likely N-dealkylation sites (tertiary alicyclic amines) is 1. The van der Waals surface area contributed by atoms with Gasteiger partial charge in [0.2, 0.25) is 5.91 Å². The Kier molecular flexibility index (Phi) is 7.05. The number of ether oxygens (including phenoxy) is 2. The standard InChI is InChI=1S/C21H30N2O5/c1-14-7-6-12-23(20(26)28-21(2,3)4)17(14)18(24)22-13-15-8-10-16(11-9-15)19(25)27-5/h8-11,14,17H,6-7,12-13H2,1-5H3,(H,22,24)/t14-,17+/m0/s1. The van der Waals surface area contributed by atoms with Crippen LogP contribution in [0, 0.1) is 5.92 Å². The number of amides is 2. The maximum absolute atomic E-state index is 12.8. The molecule has 1 heterocycles. The Bertz CT molecular complexity index is 709. The van der Waals surface area contributed by atoms with E-state index in [0.29, 0.717) is 18.7 Å². The van der Waals surface area contributed by atoms with Crippen LogP contribution in [0.15, 0.2) is 24.3 Å². The molecule has 7 nitrogen and oxygen atoms in total. The third-order valence-electron chi connectivity index (χ3n) is 4.67. The Balaban J connectivity index is 2.03. The molecule has 0 radical (unpaired) electrons. The van der Waals surface area contributed by atoms with Crippen LogP contribution in [-0.4, -0.2) is 48.2 Å². The summed E-state index contributed by atoms with van der Waals surface area (Å²) in [6.45, 7) is 8.23. The van der Waals surface area contributed by atoms with Crippen molar-refractivity contribution < 1.29 is 23.9 Å². The lowest BCUT2D eigenvalue weighted by Gasteiger charge is -2.39. The van der Waals surface area contributed by atoms with E-state index in [9.17, 15) is 14.4 Å². The molecule has 1 aromatic carbocycles. The van der Waals surface area contributed by atoms with Crippen molar-refractivity contribution in [3.8, 4) is 0 Å². The first kappa shape index (κ1) is 21.7. The van der Waals surface area contributed by atoms with Gasteiger partial charge >= 0.3 is 12.1 Å². The van der Waals surface area contributed by atoms with Crippen LogP contribution in [0.25, 0.3) is 0 Å². The van der Waals surface area contributed by atoms with Gasteiger partial charge in [0.15, 0.2) is 0 Å². The molecule has 0 aliphatic carbocycles. The highest BCUT2D eigenvalue weighted by Crippen LogP contribution is 2.25. The minimum Gasteiger partial charge on any atom is -0.465 e. The highest BCUT2D eigenvalue weighted by Gasteiger charge is 2.38. The van der Waals surface area contributed by atoms with Gasteiger partial charge in [0.05, 0.1) is 12.7 Å². The van der Waals surface area contributed by atoms with Crippen molar-refractivity contribution in [2.24, 2.45) is 5.92 Å². The summed E-state index contributed by atoms with van der Waals surface area (Å²) in [6, 6.07) is 6.29. The molecule has 0 aromatic heterocycles. The molecular formula is C21H30N2O5. The summed E-state index contributed by atoms with van der Waals surface area (Å²) in [5.41, 5.74) is 0.697. The molecule has 0 spiro atoms. The Morgan fingerprint density at radius 2 is 1.82 bits per heavy atom. The van der Waals surface area contributed by atoms with E-state index in [1.54, 1.807) is 24.3 Å². The molecule has 0 unspecified atom stereocenters. The molecule has 1 aliphatic heterocycles. The summed E-state index contributed by atoms with van der Waals surface area (Å²) in [5, 5.41) is 2.90. The van der Waals surface area contributed by atoms with Gasteiger partial charge in [-0.1, -0.05) is 19.1 Å². The number of piperidine rings is 1. The molecule has 28 heavy (non-hydrogen) atoms. The van der Waals surface area contributed by atoms with E-state index in [1.165, 1.54) is 12.0 Å². The molecule has 0 saturated carbocycles. The van der Waals surface area contributed by atoms with Crippen LogP contribution in [0.3, 0.4) is 0 Å². The summed E-state index contributed by atoms with van der Waals surface area (Å²) < 4.78 is 10.2. The lowest BCUT2D eigenvalue weighted by atomic mass is 9.90. The number of hydrogen-bond acceptors (Lipinski definition) is 5. The fourth-order valence-electron chi connectivity index (χ4n) is 3.28. The molecule has 2 amide bonds. The van der Waals surface area contributed by atoms with Crippen LogP contribution in [-0.2, 0) is 20.8 Å². The SMILES string of the molecule is COC(=O)c1ccc(CNC(=O)[C@H]2[C@@H](C)CCCN2C(=O)OC(C)(C)C)cc1. The minimum absolute atomic E-state index is 0.0444. The van der Waals surface area contributed by atoms with Crippen LogP contribution in [0.5, 0.6) is 0 Å². The number of esters is 1. The van der Waals surface area contributed by atoms with Crippen molar-refractivity contribution in [2.45, 2.75) is 58.7 Å². The molecule has 1 saturated heterocycles. The first-order valence-corrected chi connectivity index (χ1v) is 9.57. The first-order chi connectivity index (χ1) is 13.1. The van der Waals surface area contributed by atoms with Crippen LogP contribution < -0.4 is 5.32 Å². The number of benzene rings is 1. The highest BCUT2D eigenvalue weighted by molar-refractivity contribution is 5.89. The van der Waals surface area contributed by atoms with Gasteiger partial charge in [-0.05, 0) is 57.2 Å². The number of rotatable bonds is 4.